The average Bonchev–Trinajstić information content (AvgIpc) is 3.02. The van der Waals surface area contributed by atoms with Gasteiger partial charge in [-0.15, -0.1) is 5.10 Å². The van der Waals surface area contributed by atoms with Gasteiger partial charge in [0.1, 0.15) is 0 Å². The Kier molecular flexibility index (Phi) is 3.20. The van der Waals surface area contributed by atoms with Crippen LogP contribution in [0.15, 0.2) is 30.9 Å². The largest absolute Gasteiger partial charge is 0.311 e. The second-order valence-corrected chi connectivity index (χ2v) is 4.25. The maximum Gasteiger partial charge on any atom is 0.233 e. The molecule has 0 radical (unpaired) electrons. The van der Waals surface area contributed by atoms with E-state index in [1.54, 1.807) is 10.9 Å². The topological polar surface area (TPSA) is 72.9 Å². The van der Waals surface area contributed by atoms with Crippen LogP contribution < -0.4 is 5.32 Å². The molecule has 3 aromatic heterocycles. The molecule has 0 bridgehead atoms. The summed E-state index contributed by atoms with van der Waals surface area (Å²) in [6.45, 7) is 4.32. The predicted molar refractivity (Wildman–Crippen MR) is 69.5 cm³/mol. The first-order valence-electron chi connectivity index (χ1n) is 6.23. The fraction of sp³-hybridized carbons (Fsp3) is 0.333. The molecule has 0 atom stereocenters. The van der Waals surface area contributed by atoms with E-state index in [2.05, 4.69) is 32.5 Å². The van der Waals surface area contributed by atoms with Crippen LogP contribution in [-0.2, 0) is 13.1 Å². The monoisotopic (exact) mass is 257 g/mol. The third-order valence-electron chi connectivity index (χ3n) is 2.75. The van der Waals surface area contributed by atoms with Crippen LogP contribution >= 0.6 is 0 Å². The van der Waals surface area contributed by atoms with E-state index in [9.17, 15) is 0 Å². The van der Waals surface area contributed by atoms with Crippen LogP contribution in [0.1, 0.15) is 18.3 Å². The molecular weight excluding hydrogens is 242 g/mol. The average molecular weight is 257 g/mol. The van der Waals surface area contributed by atoms with E-state index in [4.69, 9.17) is 0 Å². The summed E-state index contributed by atoms with van der Waals surface area (Å²) in [6.07, 6.45) is 7.54. The third kappa shape index (κ3) is 2.60. The lowest BCUT2D eigenvalue weighted by atomic mass is 10.4. The van der Waals surface area contributed by atoms with E-state index in [1.165, 1.54) is 0 Å². The van der Waals surface area contributed by atoms with E-state index >= 15 is 0 Å². The highest BCUT2D eigenvalue weighted by Crippen LogP contribution is 2.04. The maximum absolute atomic E-state index is 4.43. The van der Waals surface area contributed by atoms with Crippen molar-refractivity contribution in [2.75, 3.05) is 6.54 Å². The Morgan fingerprint density at radius 3 is 3.05 bits per heavy atom. The van der Waals surface area contributed by atoms with Crippen molar-refractivity contribution in [1.82, 2.24) is 34.7 Å². The van der Waals surface area contributed by atoms with Crippen molar-refractivity contribution >= 4 is 5.78 Å². The van der Waals surface area contributed by atoms with Crippen molar-refractivity contribution in [3.8, 4) is 0 Å². The molecular formula is C12H15N7. The van der Waals surface area contributed by atoms with E-state index in [0.29, 0.717) is 12.3 Å². The van der Waals surface area contributed by atoms with Crippen molar-refractivity contribution in [1.29, 1.82) is 0 Å². The van der Waals surface area contributed by atoms with Gasteiger partial charge in [-0.2, -0.15) is 0 Å². The first-order valence-corrected chi connectivity index (χ1v) is 6.23. The standard InChI is InChI=1S/C12H15N7/c1-2-13-6-10-8-19(17-16-10)9-11-7-18-5-3-4-14-12(18)15-11/h3-5,7-8,13H,2,6,9H2,1H3. The summed E-state index contributed by atoms with van der Waals surface area (Å²) in [5.41, 5.74) is 1.85. The number of rotatable bonds is 5. The number of imidazole rings is 1. The molecule has 0 unspecified atom stereocenters. The van der Waals surface area contributed by atoms with Crippen LogP contribution in [0.3, 0.4) is 0 Å². The number of nitrogens with one attached hydrogen (secondary N) is 1. The fourth-order valence-electron chi connectivity index (χ4n) is 1.87. The summed E-state index contributed by atoms with van der Waals surface area (Å²) in [5.74, 6) is 0.700. The maximum atomic E-state index is 4.43. The van der Waals surface area contributed by atoms with Gasteiger partial charge in [0.25, 0.3) is 0 Å². The summed E-state index contributed by atoms with van der Waals surface area (Å²) in [6, 6.07) is 1.88. The van der Waals surface area contributed by atoms with Gasteiger partial charge < -0.3 is 5.32 Å². The molecule has 19 heavy (non-hydrogen) atoms. The zero-order valence-electron chi connectivity index (χ0n) is 10.7. The molecule has 0 aliphatic rings. The molecule has 0 fully saturated rings. The molecule has 3 rings (SSSR count). The smallest absolute Gasteiger partial charge is 0.233 e. The van der Waals surface area contributed by atoms with Gasteiger partial charge in [0.05, 0.1) is 24.1 Å². The number of hydrogen-bond acceptors (Lipinski definition) is 5. The van der Waals surface area contributed by atoms with Crippen molar-refractivity contribution in [3.63, 3.8) is 0 Å². The molecule has 7 heteroatoms. The minimum atomic E-state index is 0.600. The normalized spacial score (nSPS) is 11.2. The zero-order valence-corrected chi connectivity index (χ0v) is 10.7. The molecule has 98 valence electrons. The molecule has 0 amide bonds. The second-order valence-electron chi connectivity index (χ2n) is 4.25. The minimum Gasteiger partial charge on any atom is -0.311 e. The van der Waals surface area contributed by atoms with Gasteiger partial charge in [-0.1, -0.05) is 12.1 Å². The Hall–Kier alpha value is -2.28. The van der Waals surface area contributed by atoms with Gasteiger partial charge in [-0.25, -0.2) is 14.6 Å². The van der Waals surface area contributed by atoms with Crippen LogP contribution in [0.25, 0.3) is 5.78 Å². The molecule has 3 aromatic rings. The predicted octanol–water partition coefficient (Wildman–Crippen LogP) is 0.479. The van der Waals surface area contributed by atoms with Crippen molar-refractivity contribution in [2.45, 2.75) is 20.0 Å². The highest BCUT2D eigenvalue weighted by atomic mass is 15.4. The Bertz CT molecular complexity index is 636. The van der Waals surface area contributed by atoms with Crippen LogP contribution in [-0.4, -0.2) is 35.9 Å². The number of aromatic nitrogens is 6. The molecule has 1 N–H and O–H groups in total. The molecule has 0 aliphatic carbocycles. The van der Waals surface area contributed by atoms with Gasteiger partial charge >= 0.3 is 0 Å². The summed E-state index contributed by atoms with van der Waals surface area (Å²) >= 11 is 0. The van der Waals surface area contributed by atoms with Crippen LogP contribution in [0, 0.1) is 0 Å². The van der Waals surface area contributed by atoms with E-state index in [1.807, 2.05) is 29.1 Å². The minimum absolute atomic E-state index is 0.600. The highest BCUT2D eigenvalue weighted by Gasteiger charge is 2.05. The van der Waals surface area contributed by atoms with Crippen molar-refractivity contribution < 1.29 is 0 Å². The van der Waals surface area contributed by atoms with Gasteiger partial charge in [0.15, 0.2) is 0 Å². The number of fused-ring (bicyclic) bond motifs is 1. The van der Waals surface area contributed by atoms with E-state index in [-0.39, 0.29) is 0 Å². The summed E-state index contributed by atoms with van der Waals surface area (Å²) in [7, 11) is 0. The third-order valence-corrected chi connectivity index (χ3v) is 2.75. The van der Waals surface area contributed by atoms with Crippen LogP contribution in [0.5, 0.6) is 0 Å². The molecule has 0 saturated carbocycles. The number of nitrogens with zero attached hydrogens (tertiary/aromatic N) is 6. The fourth-order valence-corrected chi connectivity index (χ4v) is 1.87. The first kappa shape index (κ1) is 11.8. The van der Waals surface area contributed by atoms with Crippen molar-refractivity contribution in [2.24, 2.45) is 0 Å². The Morgan fingerprint density at radius 2 is 2.21 bits per heavy atom. The second kappa shape index (κ2) is 5.15. The van der Waals surface area contributed by atoms with E-state index in [0.717, 1.165) is 24.5 Å². The lowest BCUT2D eigenvalue weighted by Crippen LogP contribution is -2.11. The first-order chi connectivity index (χ1) is 9.35. The molecule has 0 spiro atoms. The number of hydrogen-bond donors (Lipinski definition) is 1. The Balaban J connectivity index is 1.75. The van der Waals surface area contributed by atoms with Gasteiger partial charge in [-0.05, 0) is 12.6 Å². The summed E-state index contributed by atoms with van der Waals surface area (Å²) in [5, 5.41) is 11.4. The molecule has 0 saturated heterocycles. The molecule has 3 heterocycles. The quantitative estimate of drug-likeness (QED) is 0.719. The lowest BCUT2D eigenvalue weighted by molar-refractivity contribution is 0.639. The summed E-state index contributed by atoms with van der Waals surface area (Å²) < 4.78 is 3.68. The SMILES string of the molecule is CCNCc1cn(Cc2cn3cccnc3n2)nn1. The molecule has 0 aromatic carbocycles. The lowest BCUT2D eigenvalue weighted by Gasteiger charge is -1.95. The Morgan fingerprint density at radius 1 is 1.26 bits per heavy atom. The Labute approximate surface area is 110 Å². The van der Waals surface area contributed by atoms with Gasteiger partial charge in [-0.3, -0.25) is 4.40 Å². The van der Waals surface area contributed by atoms with E-state index < -0.39 is 0 Å². The van der Waals surface area contributed by atoms with Crippen LogP contribution in [0.2, 0.25) is 0 Å². The summed E-state index contributed by atoms with van der Waals surface area (Å²) in [4.78, 5) is 8.61. The molecule has 7 nitrogen and oxygen atoms in total. The van der Waals surface area contributed by atoms with Crippen LogP contribution in [0.4, 0.5) is 0 Å². The van der Waals surface area contributed by atoms with Crippen molar-refractivity contribution in [3.05, 3.63) is 42.2 Å². The highest BCUT2D eigenvalue weighted by molar-refractivity contribution is 5.29. The molecule has 0 aliphatic heterocycles. The zero-order chi connectivity index (χ0) is 13.1. The van der Waals surface area contributed by atoms with Gasteiger partial charge in [0.2, 0.25) is 5.78 Å². The van der Waals surface area contributed by atoms with Gasteiger partial charge in [0, 0.05) is 25.1 Å².